The fourth-order valence-corrected chi connectivity index (χ4v) is 21.6. The highest BCUT2D eigenvalue weighted by molar-refractivity contribution is 7.26. The third kappa shape index (κ3) is 10.1. The Balaban J connectivity index is 0.888. The van der Waals surface area contributed by atoms with Gasteiger partial charge in [0.05, 0.1) is 49.9 Å². The zero-order valence-electron chi connectivity index (χ0n) is 66.2. The van der Waals surface area contributed by atoms with Crippen LogP contribution in [0.15, 0.2) is 399 Å². The summed E-state index contributed by atoms with van der Waals surface area (Å²) < 4.78 is 17.0. The van der Waals surface area contributed by atoms with Crippen LogP contribution < -0.4 is 26.2 Å². The minimum absolute atomic E-state index is 0.253. The number of nitrogens with zero attached hydrogens (tertiary/aromatic N) is 5. The van der Waals surface area contributed by atoms with E-state index in [9.17, 15) is 0 Å². The second-order valence-electron chi connectivity index (χ2n) is 33.3. The monoisotopic (exact) mass is 1550 g/mol. The minimum atomic E-state index is -0.355. The van der Waals surface area contributed by atoms with E-state index in [4.69, 9.17) is 4.42 Å². The molecule has 0 bridgehead atoms. The largest absolute Gasteiger partial charge is 0.456 e. The summed E-state index contributed by atoms with van der Waals surface area (Å²) in [4.78, 5) is 5.47. The SMILES string of the molecule is CC(C)(C)c1cc(-c2ccccc2)c(N2c3cc(-n4c5ccccc5c5ccc6sc7ccccc7c6c54)ccc3B3c4ccc(-n5c6ccccc6c6ccc7oc8ccccc8c7c65)cc4N(c4c(-c5ccccc5)cccc4-c4ccccc4)c4cc(-c5cccc6c5c5ccccc5n6-c5ccccc5)cc2c43)c(-c2ccccc2)c1. The Morgan fingerprint density at radius 1 is 0.267 bits per heavy atom. The lowest BCUT2D eigenvalue weighted by Gasteiger charge is -2.46. The highest BCUT2D eigenvalue weighted by Crippen LogP contribution is 2.57. The average Bonchev–Trinajstić information content (AvgIpc) is 0.693. The molecule has 0 unspecified atom stereocenters. The van der Waals surface area contributed by atoms with Crippen molar-refractivity contribution in [3.05, 3.63) is 400 Å². The van der Waals surface area contributed by atoms with E-state index in [1.807, 2.05) is 11.3 Å². The van der Waals surface area contributed by atoms with E-state index in [2.05, 4.69) is 439 Å². The second-order valence-corrected chi connectivity index (χ2v) is 34.4. The Kier molecular flexibility index (Phi) is 15.0. The third-order valence-corrected chi connectivity index (χ3v) is 26.9. The van der Waals surface area contributed by atoms with Crippen LogP contribution in [-0.2, 0) is 5.41 Å². The van der Waals surface area contributed by atoms with Crippen LogP contribution in [0, 0.1) is 0 Å². The van der Waals surface area contributed by atoms with Crippen molar-refractivity contribution in [1.29, 1.82) is 0 Å². The smallest absolute Gasteiger partial charge is 0.252 e. The third-order valence-electron chi connectivity index (χ3n) is 25.7. The van der Waals surface area contributed by atoms with Crippen molar-refractivity contribution in [2.45, 2.75) is 26.2 Å². The molecule has 0 spiro atoms. The molecule has 8 heteroatoms. The Labute approximate surface area is 697 Å². The number of para-hydroxylation sites is 6. The first kappa shape index (κ1) is 68.3. The van der Waals surface area contributed by atoms with Gasteiger partial charge < -0.3 is 27.9 Å². The van der Waals surface area contributed by atoms with E-state index in [1.165, 1.54) is 74.6 Å². The summed E-state index contributed by atoms with van der Waals surface area (Å²) in [6, 6.07) is 149. The number of furan rings is 1. The van der Waals surface area contributed by atoms with Crippen molar-refractivity contribution >= 4 is 176 Å². The molecule has 0 atom stereocenters. The standard InChI is InChI=1S/C112H74BN5OS/c1-112(2,3)74-65-88(71-35-13-6-14-36-71)109(89(66-74)72-37-15-7-16-38-72)118-97-68-77(116-93-50-25-20-42-82(93)84-58-62-103-106(111(84)116)87-45-23-28-54-102(87)120-103)56-60-91(97)113-90-59-55-76(115-92-49-24-19-41-81(92)83-57-61-101-105(110(83)115)86-44-22-27-53-100(86)119-101)67-96(90)117(108-79(69-31-9-4-10-32-69)47-29-48-80(108)70-33-11-5-12-34-70)98-63-73(64-99(118)107(98)113)78-46-30-52-95-104(78)85-43-21-26-51-94(85)114(95)75-39-17-8-18-40-75/h4-68H,1-3H3. The molecule has 0 N–H and O–H groups in total. The normalized spacial score (nSPS) is 12.7. The van der Waals surface area contributed by atoms with E-state index in [1.54, 1.807) is 0 Å². The topological polar surface area (TPSA) is 34.4 Å². The van der Waals surface area contributed by atoms with Crippen molar-refractivity contribution in [3.63, 3.8) is 0 Å². The van der Waals surface area contributed by atoms with Gasteiger partial charge in [0, 0.05) is 120 Å². The molecule has 23 aromatic rings. The second kappa shape index (κ2) is 26.3. The molecule has 562 valence electrons. The number of benzene rings is 18. The van der Waals surface area contributed by atoms with Gasteiger partial charge in [0.25, 0.3) is 6.71 Å². The first-order chi connectivity index (χ1) is 59.2. The number of hydrogen-bond acceptors (Lipinski definition) is 4. The number of aromatic nitrogens is 3. The lowest BCUT2D eigenvalue weighted by atomic mass is 9.33. The van der Waals surface area contributed by atoms with E-state index >= 15 is 0 Å². The number of rotatable bonds is 10. The van der Waals surface area contributed by atoms with Crippen LogP contribution >= 0.6 is 11.3 Å². The van der Waals surface area contributed by atoms with E-state index in [-0.39, 0.29) is 12.1 Å². The van der Waals surface area contributed by atoms with Crippen molar-refractivity contribution < 1.29 is 4.42 Å². The van der Waals surface area contributed by atoms with Gasteiger partial charge in [-0.1, -0.05) is 300 Å². The summed E-state index contributed by atoms with van der Waals surface area (Å²) in [7, 11) is 0. The first-order valence-electron chi connectivity index (χ1n) is 41.6. The molecule has 5 aromatic heterocycles. The van der Waals surface area contributed by atoms with Crippen LogP contribution in [-0.4, -0.2) is 20.4 Å². The number of anilines is 6. The molecule has 0 amide bonds. The number of thiophene rings is 1. The van der Waals surface area contributed by atoms with Gasteiger partial charge >= 0.3 is 0 Å². The predicted molar refractivity (Wildman–Crippen MR) is 510 cm³/mol. The van der Waals surface area contributed by atoms with Crippen LogP contribution in [0.1, 0.15) is 26.3 Å². The summed E-state index contributed by atoms with van der Waals surface area (Å²) in [6.45, 7) is 6.74. The first-order valence-corrected chi connectivity index (χ1v) is 42.4. The molecule has 7 heterocycles. The maximum absolute atomic E-state index is 6.87. The van der Waals surface area contributed by atoms with Gasteiger partial charge in [0.2, 0.25) is 0 Å². The van der Waals surface area contributed by atoms with Crippen LogP contribution in [0.25, 0.3) is 180 Å². The maximum Gasteiger partial charge on any atom is 0.252 e. The van der Waals surface area contributed by atoms with Crippen molar-refractivity contribution in [3.8, 4) is 72.7 Å². The van der Waals surface area contributed by atoms with E-state index in [0.717, 1.165) is 162 Å². The summed E-state index contributed by atoms with van der Waals surface area (Å²) in [5.74, 6) is 0. The Morgan fingerprint density at radius 3 is 1.27 bits per heavy atom. The lowest BCUT2D eigenvalue weighted by molar-refractivity contribution is 0.591. The van der Waals surface area contributed by atoms with Gasteiger partial charge in [0.15, 0.2) is 0 Å². The summed E-state index contributed by atoms with van der Waals surface area (Å²) in [5, 5.41) is 11.8. The van der Waals surface area contributed by atoms with Crippen molar-refractivity contribution in [1.82, 2.24) is 13.7 Å². The lowest BCUT2D eigenvalue weighted by Crippen LogP contribution is -2.61. The van der Waals surface area contributed by atoms with Gasteiger partial charge in [-0.25, -0.2) is 0 Å². The average molecular weight is 1550 g/mol. The van der Waals surface area contributed by atoms with Crippen LogP contribution in [0.4, 0.5) is 34.1 Å². The molecular weight excluding hydrogens is 1470 g/mol. The molecule has 0 aliphatic carbocycles. The predicted octanol–water partition coefficient (Wildman–Crippen LogP) is 29.0. The Hall–Kier alpha value is -15.0. The molecule has 25 rings (SSSR count). The molecule has 120 heavy (non-hydrogen) atoms. The minimum Gasteiger partial charge on any atom is -0.456 e. The van der Waals surface area contributed by atoms with Gasteiger partial charge in [0.1, 0.15) is 11.2 Å². The number of fused-ring (bicyclic) bond motifs is 21. The van der Waals surface area contributed by atoms with E-state index < -0.39 is 0 Å². The molecule has 0 saturated heterocycles. The zero-order valence-corrected chi connectivity index (χ0v) is 67.0. The van der Waals surface area contributed by atoms with Crippen LogP contribution in [0.3, 0.4) is 0 Å². The summed E-state index contributed by atoms with van der Waals surface area (Å²) in [6.07, 6.45) is 0. The highest BCUT2D eigenvalue weighted by Gasteiger charge is 2.47. The number of hydrogen-bond donors (Lipinski definition) is 0. The molecule has 0 radical (unpaired) electrons. The van der Waals surface area contributed by atoms with Gasteiger partial charge in [-0.15, -0.1) is 11.3 Å². The molecule has 2 aliphatic rings. The Morgan fingerprint density at radius 2 is 0.708 bits per heavy atom. The Bertz CT molecular complexity index is 8090. The highest BCUT2D eigenvalue weighted by atomic mass is 32.1. The molecule has 18 aromatic carbocycles. The molecule has 2 aliphatic heterocycles. The quantitative estimate of drug-likeness (QED) is 0.128. The van der Waals surface area contributed by atoms with Crippen molar-refractivity contribution in [2.75, 3.05) is 9.80 Å². The summed E-state index contributed by atoms with van der Waals surface area (Å²) in [5.41, 5.74) is 34.0. The van der Waals surface area contributed by atoms with Crippen LogP contribution in [0.2, 0.25) is 0 Å². The van der Waals surface area contributed by atoms with Gasteiger partial charge in [-0.2, -0.15) is 0 Å². The molecule has 6 nitrogen and oxygen atoms in total. The molecule has 0 fully saturated rings. The van der Waals surface area contributed by atoms with E-state index in [0.29, 0.717) is 0 Å². The zero-order chi connectivity index (χ0) is 79.2. The molecular formula is C112H74BN5OS. The van der Waals surface area contributed by atoms with Crippen molar-refractivity contribution in [2.24, 2.45) is 0 Å². The van der Waals surface area contributed by atoms with Gasteiger partial charge in [-0.05, 0) is 176 Å². The van der Waals surface area contributed by atoms with Crippen LogP contribution in [0.5, 0.6) is 0 Å². The summed E-state index contributed by atoms with van der Waals surface area (Å²) >= 11 is 1.88. The fraction of sp³-hybridized carbons (Fsp3) is 0.0357. The maximum atomic E-state index is 6.87. The van der Waals surface area contributed by atoms with Gasteiger partial charge in [-0.3, -0.25) is 0 Å². The molecule has 0 saturated carbocycles. The fourth-order valence-electron chi connectivity index (χ4n) is 20.5.